The largest absolute Gasteiger partial charge is 0.359 e. The lowest BCUT2D eigenvalue weighted by molar-refractivity contribution is 0.136. The SMILES string of the molecule is CCNC(=NCc1cc(C(CC)CC)no1)NCCCCN1CCN(CC)CC1. The molecule has 2 rings (SSSR count). The molecule has 0 spiro atoms. The van der Waals surface area contributed by atoms with Gasteiger partial charge in [-0.3, -0.25) is 0 Å². The van der Waals surface area contributed by atoms with E-state index in [1.807, 2.05) is 0 Å². The summed E-state index contributed by atoms with van der Waals surface area (Å²) < 4.78 is 5.48. The number of likely N-dealkylation sites (N-methyl/N-ethyl adjacent to an activating group) is 1. The second-order valence-corrected chi connectivity index (χ2v) is 7.84. The molecule has 29 heavy (non-hydrogen) atoms. The summed E-state index contributed by atoms with van der Waals surface area (Å²) >= 11 is 0. The lowest BCUT2D eigenvalue weighted by Crippen LogP contribution is -2.46. The first-order valence-corrected chi connectivity index (χ1v) is 11.6. The minimum atomic E-state index is 0.479. The Hall–Kier alpha value is -1.60. The molecule has 1 fully saturated rings. The van der Waals surface area contributed by atoms with Crippen molar-refractivity contribution in [2.75, 3.05) is 52.4 Å². The zero-order valence-electron chi connectivity index (χ0n) is 19.0. The molecule has 0 amide bonds. The molecule has 1 aliphatic heterocycles. The Morgan fingerprint density at radius 3 is 2.45 bits per heavy atom. The number of hydrogen-bond acceptors (Lipinski definition) is 5. The summed E-state index contributed by atoms with van der Waals surface area (Å²) in [5.74, 6) is 2.16. The Bertz CT molecular complexity index is 576. The second kappa shape index (κ2) is 13.6. The summed E-state index contributed by atoms with van der Waals surface area (Å²) in [6, 6.07) is 2.06. The van der Waals surface area contributed by atoms with E-state index in [-0.39, 0.29) is 0 Å². The molecule has 0 atom stereocenters. The van der Waals surface area contributed by atoms with Crippen molar-refractivity contribution < 1.29 is 4.52 Å². The Balaban J connectivity index is 1.68. The lowest BCUT2D eigenvalue weighted by atomic mass is 9.99. The highest BCUT2D eigenvalue weighted by molar-refractivity contribution is 5.79. The van der Waals surface area contributed by atoms with E-state index in [1.54, 1.807) is 0 Å². The van der Waals surface area contributed by atoms with Crippen molar-refractivity contribution in [1.29, 1.82) is 0 Å². The smallest absolute Gasteiger partial charge is 0.191 e. The van der Waals surface area contributed by atoms with Crippen LogP contribution < -0.4 is 10.6 Å². The van der Waals surface area contributed by atoms with Crippen LogP contribution in [0.15, 0.2) is 15.6 Å². The first kappa shape index (κ1) is 23.7. The fourth-order valence-corrected chi connectivity index (χ4v) is 3.80. The molecule has 2 N–H and O–H groups in total. The van der Waals surface area contributed by atoms with Crippen LogP contribution in [0.5, 0.6) is 0 Å². The van der Waals surface area contributed by atoms with Crippen LogP contribution in [0.25, 0.3) is 0 Å². The molecule has 1 aliphatic rings. The van der Waals surface area contributed by atoms with Gasteiger partial charge in [-0.15, -0.1) is 0 Å². The lowest BCUT2D eigenvalue weighted by Gasteiger charge is -2.34. The molecular weight excluding hydrogens is 364 g/mol. The third-order valence-electron chi connectivity index (χ3n) is 5.82. The van der Waals surface area contributed by atoms with Crippen LogP contribution in [0.1, 0.15) is 70.8 Å². The molecule has 166 valence electrons. The van der Waals surface area contributed by atoms with E-state index in [0.29, 0.717) is 12.5 Å². The summed E-state index contributed by atoms with van der Waals surface area (Å²) in [7, 11) is 0. The van der Waals surface area contributed by atoms with Crippen molar-refractivity contribution in [3.63, 3.8) is 0 Å². The molecule has 0 aliphatic carbocycles. The van der Waals surface area contributed by atoms with Gasteiger partial charge < -0.3 is 25.0 Å². The summed E-state index contributed by atoms with van der Waals surface area (Å²) in [6.45, 7) is 18.3. The van der Waals surface area contributed by atoms with Gasteiger partial charge in [0.25, 0.3) is 0 Å². The van der Waals surface area contributed by atoms with Gasteiger partial charge in [0.2, 0.25) is 0 Å². The summed E-state index contributed by atoms with van der Waals surface area (Å²) in [6.07, 6.45) is 4.55. The van der Waals surface area contributed by atoms with E-state index in [4.69, 9.17) is 4.52 Å². The number of unbranched alkanes of at least 4 members (excludes halogenated alkanes) is 1. The molecule has 0 radical (unpaired) electrons. The number of hydrogen-bond donors (Lipinski definition) is 2. The highest BCUT2D eigenvalue weighted by Gasteiger charge is 2.15. The van der Waals surface area contributed by atoms with Crippen molar-refractivity contribution in [3.05, 3.63) is 17.5 Å². The topological polar surface area (TPSA) is 68.9 Å². The van der Waals surface area contributed by atoms with Crippen LogP contribution in [0.3, 0.4) is 0 Å². The third kappa shape index (κ3) is 8.34. The van der Waals surface area contributed by atoms with Crippen molar-refractivity contribution in [3.8, 4) is 0 Å². The molecule has 0 aromatic carbocycles. The number of rotatable bonds is 12. The third-order valence-corrected chi connectivity index (χ3v) is 5.82. The van der Waals surface area contributed by atoms with Gasteiger partial charge in [0, 0.05) is 51.3 Å². The van der Waals surface area contributed by atoms with E-state index in [1.165, 1.54) is 45.7 Å². The van der Waals surface area contributed by atoms with E-state index in [0.717, 1.165) is 49.8 Å². The molecule has 0 unspecified atom stereocenters. The molecule has 0 bridgehead atoms. The second-order valence-electron chi connectivity index (χ2n) is 7.84. The fraction of sp³-hybridized carbons (Fsp3) is 0.818. The number of aliphatic imine (C=N–C) groups is 1. The standard InChI is InChI=1S/C22H42N6O/c1-5-19(6-2)21-17-20(29-26-21)18-25-22(23-7-3)24-11-9-10-12-28-15-13-27(8-4)14-16-28/h17,19H,5-16,18H2,1-4H3,(H2,23,24,25). The highest BCUT2D eigenvalue weighted by atomic mass is 16.5. The average molecular weight is 407 g/mol. The van der Waals surface area contributed by atoms with Crippen LogP contribution in [0.4, 0.5) is 0 Å². The molecule has 1 aromatic heterocycles. The number of guanidine groups is 1. The monoisotopic (exact) mass is 406 g/mol. The van der Waals surface area contributed by atoms with Crippen LogP contribution in [0.2, 0.25) is 0 Å². The Kier molecular flexibility index (Phi) is 11.1. The zero-order valence-corrected chi connectivity index (χ0v) is 19.0. The Morgan fingerprint density at radius 2 is 1.79 bits per heavy atom. The van der Waals surface area contributed by atoms with E-state index in [2.05, 4.69) is 64.3 Å². The number of aromatic nitrogens is 1. The Morgan fingerprint density at radius 1 is 1.07 bits per heavy atom. The van der Waals surface area contributed by atoms with Crippen molar-refractivity contribution in [2.45, 2.75) is 65.8 Å². The minimum Gasteiger partial charge on any atom is -0.359 e. The van der Waals surface area contributed by atoms with Gasteiger partial charge in [0.1, 0.15) is 6.54 Å². The first-order valence-electron chi connectivity index (χ1n) is 11.6. The normalized spacial score (nSPS) is 16.5. The molecule has 1 saturated heterocycles. The fourth-order valence-electron chi connectivity index (χ4n) is 3.80. The van der Waals surface area contributed by atoms with Crippen LogP contribution in [-0.4, -0.2) is 73.3 Å². The number of piperazine rings is 1. The van der Waals surface area contributed by atoms with Gasteiger partial charge in [0.05, 0.1) is 5.69 Å². The molecule has 2 heterocycles. The number of nitrogens with one attached hydrogen (secondary N) is 2. The van der Waals surface area contributed by atoms with Crippen LogP contribution in [0, 0.1) is 0 Å². The van der Waals surface area contributed by atoms with Crippen molar-refractivity contribution >= 4 is 5.96 Å². The zero-order chi connectivity index (χ0) is 20.9. The predicted octanol–water partition coefficient (Wildman–Crippen LogP) is 3.05. The quantitative estimate of drug-likeness (QED) is 0.316. The van der Waals surface area contributed by atoms with E-state index < -0.39 is 0 Å². The molecule has 7 nitrogen and oxygen atoms in total. The van der Waals surface area contributed by atoms with Crippen LogP contribution in [-0.2, 0) is 6.54 Å². The van der Waals surface area contributed by atoms with Gasteiger partial charge in [-0.25, -0.2) is 4.99 Å². The maximum atomic E-state index is 5.48. The first-order chi connectivity index (χ1) is 14.2. The maximum absolute atomic E-state index is 5.48. The molecular formula is C22H42N6O. The van der Waals surface area contributed by atoms with Gasteiger partial charge in [-0.1, -0.05) is 25.9 Å². The van der Waals surface area contributed by atoms with Crippen molar-refractivity contribution in [2.24, 2.45) is 4.99 Å². The Labute approximate surface area is 177 Å². The van der Waals surface area contributed by atoms with Gasteiger partial charge in [0.15, 0.2) is 11.7 Å². The molecule has 7 heteroatoms. The van der Waals surface area contributed by atoms with Gasteiger partial charge in [-0.2, -0.15) is 0 Å². The van der Waals surface area contributed by atoms with Gasteiger partial charge in [-0.05, 0) is 45.7 Å². The van der Waals surface area contributed by atoms with Gasteiger partial charge >= 0.3 is 0 Å². The summed E-state index contributed by atoms with van der Waals surface area (Å²) in [5, 5.41) is 11.0. The minimum absolute atomic E-state index is 0.479. The summed E-state index contributed by atoms with van der Waals surface area (Å²) in [5.41, 5.74) is 1.05. The highest BCUT2D eigenvalue weighted by Crippen LogP contribution is 2.22. The predicted molar refractivity (Wildman–Crippen MR) is 120 cm³/mol. The maximum Gasteiger partial charge on any atom is 0.191 e. The molecule has 0 saturated carbocycles. The van der Waals surface area contributed by atoms with E-state index in [9.17, 15) is 0 Å². The van der Waals surface area contributed by atoms with E-state index >= 15 is 0 Å². The average Bonchev–Trinajstić information content (AvgIpc) is 3.22. The van der Waals surface area contributed by atoms with Crippen molar-refractivity contribution in [1.82, 2.24) is 25.6 Å². The van der Waals surface area contributed by atoms with Crippen LogP contribution >= 0.6 is 0 Å². The molecule has 1 aromatic rings. The summed E-state index contributed by atoms with van der Waals surface area (Å²) in [4.78, 5) is 9.78. The number of nitrogens with zero attached hydrogens (tertiary/aromatic N) is 4.